The van der Waals surface area contributed by atoms with Crippen molar-refractivity contribution in [1.29, 1.82) is 0 Å². The summed E-state index contributed by atoms with van der Waals surface area (Å²) in [6.45, 7) is 16.2. The van der Waals surface area contributed by atoms with Gasteiger partial charge in [-0.05, 0) is 80.6 Å². The first-order chi connectivity index (χ1) is 56.5. The Morgan fingerprint density at radius 1 is 0.385 bits per heavy atom. The molecular weight excluding hydrogens is 1550 g/mol. The summed E-state index contributed by atoms with van der Waals surface area (Å²) < 4.78 is 147. The molecule has 8 aliphatic rings. The monoisotopic (exact) mass is 1640 g/mol. The summed E-state index contributed by atoms with van der Waals surface area (Å²) in [6, 6.07) is 62.3. The van der Waals surface area contributed by atoms with Gasteiger partial charge in [0.15, 0.2) is 76.8 Å². The Hall–Kier alpha value is -8.18. The van der Waals surface area contributed by atoms with Crippen LogP contribution >= 0.6 is 11.8 Å². The maximum atomic E-state index is 15.9. The molecule has 8 saturated heterocycles. The summed E-state index contributed by atoms with van der Waals surface area (Å²) in [5.41, 5.74) is 0.737. The van der Waals surface area contributed by atoms with Gasteiger partial charge in [0, 0.05) is 29.2 Å². The zero-order valence-electron chi connectivity index (χ0n) is 66.5. The minimum absolute atomic E-state index is 0.00428. The summed E-state index contributed by atoms with van der Waals surface area (Å²) in [4.78, 5) is 73.9. The minimum Gasteiger partial charge on any atom is -0.466 e. The summed E-state index contributed by atoms with van der Waals surface area (Å²) in [5.74, 6) is -3.27. The van der Waals surface area contributed by atoms with Crippen LogP contribution in [0.25, 0.3) is 0 Å². The first kappa shape index (κ1) is 83.9. The smallest absolute Gasteiger partial charge is 0.338 e. The Balaban J connectivity index is 0.889. The zero-order chi connectivity index (χ0) is 81.5. The average molecular weight is 1650 g/mol. The molecule has 8 aliphatic heterocycles. The van der Waals surface area contributed by atoms with E-state index in [0.29, 0.717) is 28.0 Å². The number of thioether (sulfide) groups is 1. The van der Waals surface area contributed by atoms with Crippen LogP contribution in [0.2, 0.25) is 18.1 Å². The van der Waals surface area contributed by atoms with Crippen LogP contribution in [0.1, 0.15) is 133 Å². The second-order valence-electron chi connectivity index (χ2n) is 32.0. The van der Waals surface area contributed by atoms with Crippen molar-refractivity contribution >= 4 is 49.9 Å². The molecule has 0 N–H and O–H groups in total. The third-order valence-electron chi connectivity index (χ3n) is 22.4. The lowest BCUT2D eigenvalue weighted by Crippen LogP contribution is -2.71. The Morgan fingerprint density at radius 3 is 1.02 bits per heavy atom. The van der Waals surface area contributed by atoms with Crippen molar-refractivity contribution in [2.24, 2.45) is 5.41 Å². The number of benzene rings is 7. The Morgan fingerprint density at radius 2 is 0.684 bits per heavy atom. The van der Waals surface area contributed by atoms with Gasteiger partial charge < -0.3 is 99.2 Å². The Bertz CT molecular complexity index is 4420. The summed E-state index contributed by atoms with van der Waals surface area (Å²) in [7, 11) is -2.99. The van der Waals surface area contributed by atoms with Gasteiger partial charge in [0.2, 0.25) is 0 Å². The SMILES string of the molecule is CCS[C@@H]1OC2COC(c3ccccc3)O[C@H]2[C@H](O[C@@H]2OC3COC(c4ccccc4)O[C@H]3[C@H](O[C@@H]3OC4COC(c5ccccc5)O[C@H]4[C@H](O[C@@H]4OC5COC(c6ccccc6)O[C@H]5[C@H](O[Si](C)(C)C(C)(C)C)C4OC(=O)c4ccccc4)C3OC(=O)C(C)(C)CCOC(C)=O)C2OC(=O)c2ccccc2)C1OC(=O)c1ccccc1. The van der Waals surface area contributed by atoms with E-state index in [4.69, 9.17) is 99.2 Å². The number of ether oxygens (including phenoxy) is 20. The van der Waals surface area contributed by atoms with E-state index in [2.05, 4.69) is 33.9 Å². The van der Waals surface area contributed by atoms with Gasteiger partial charge >= 0.3 is 29.8 Å². The first-order valence-corrected chi connectivity index (χ1v) is 43.8. The largest absolute Gasteiger partial charge is 0.466 e. The molecule has 622 valence electrons. The quantitative estimate of drug-likeness (QED) is 0.0292. The number of hydrogen-bond donors (Lipinski definition) is 0. The Labute approximate surface area is 685 Å². The normalized spacial score (nSPS) is 32.4. The van der Waals surface area contributed by atoms with E-state index in [1.807, 2.05) is 128 Å². The van der Waals surface area contributed by atoms with Gasteiger partial charge in [-0.3, -0.25) is 9.59 Å². The van der Waals surface area contributed by atoms with Gasteiger partial charge in [0.25, 0.3) is 0 Å². The Kier molecular flexibility index (Phi) is 26.7. The lowest BCUT2D eigenvalue weighted by molar-refractivity contribution is -0.424. The molecule has 24 atom stereocenters. The fourth-order valence-electron chi connectivity index (χ4n) is 15.1. The molecule has 7 aromatic rings. The molecule has 26 nitrogen and oxygen atoms in total. The van der Waals surface area contributed by atoms with E-state index in [0.717, 1.165) is 0 Å². The maximum Gasteiger partial charge on any atom is 0.338 e. The van der Waals surface area contributed by atoms with Crippen LogP contribution in [-0.4, -0.2) is 199 Å². The molecule has 0 amide bonds. The summed E-state index contributed by atoms with van der Waals surface area (Å²) in [6.07, 6.45) is -30.6. The zero-order valence-corrected chi connectivity index (χ0v) is 68.4. The van der Waals surface area contributed by atoms with Gasteiger partial charge in [0.05, 0.1) is 55.1 Å². The van der Waals surface area contributed by atoms with E-state index in [9.17, 15) is 9.59 Å². The van der Waals surface area contributed by atoms with Crippen LogP contribution in [0.5, 0.6) is 0 Å². The van der Waals surface area contributed by atoms with E-state index in [1.54, 1.807) is 105 Å². The predicted octanol–water partition coefficient (Wildman–Crippen LogP) is 13.2. The van der Waals surface area contributed by atoms with Crippen LogP contribution in [0.3, 0.4) is 0 Å². The molecule has 15 rings (SSSR count). The fourth-order valence-corrected chi connectivity index (χ4v) is 17.4. The number of carbonyl (C=O) groups excluding carboxylic acids is 5. The molecule has 0 radical (unpaired) electrons. The highest BCUT2D eigenvalue weighted by Gasteiger charge is 2.64. The molecule has 0 saturated carbocycles. The number of fused-ring (bicyclic) bond motifs is 4. The van der Waals surface area contributed by atoms with Gasteiger partial charge in [-0.15, -0.1) is 11.8 Å². The molecule has 28 heteroatoms. The molecule has 117 heavy (non-hydrogen) atoms. The van der Waals surface area contributed by atoms with Gasteiger partial charge in [-0.25, -0.2) is 14.4 Å². The van der Waals surface area contributed by atoms with Crippen LogP contribution in [-0.2, 0) is 109 Å². The number of carbonyl (C=O) groups is 5. The summed E-state index contributed by atoms with van der Waals surface area (Å²) >= 11 is 1.36. The van der Waals surface area contributed by atoms with Crippen molar-refractivity contribution in [1.82, 2.24) is 0 Å². The van der Waals surface area contributed by atoms with Crippen molar-refractivity contribution in [3.05, 3.63) is 251 Å². The third-order valence-corrected chi connectivity index (χ3v) is 28.0. The molecule has 7 aromatic carbocycles. The minimum atomic E-state index is -2.99. The molecule has 8 heterocycles. The molecule has 0 spiro atoms. The predicted molar refractivity (Wildman–Crippen MR) is 421 cm³/mol. The van der Waals surface area contributed by atoms with Crippen molar-refractivity contribution in [2.45, 2.75) is 220 Å². The number of rotatable bonds is 25. The maximum absolute atomic E-state index is 15.9. The van der Waals surface area contributed by atoms with Crippen LogP contribution in [0.4, 0.5) is 0 Å². The topological polar surface area (TPSA) is 279 Å². The first-order valence-electron chi connectivity index (χ1n) is 39.8. The van der Waals surface area contributed by atoms with E-state index in [-0.39, 0.29) is 56.1 Å². The highest BCUT2D eigenvalue weighted by molar-refractivity contribution is 7.99. The molecular formula is C89H100O26SSi. The van der Waals surface area contributed by atoms with E-state index < -0.39 is 196 Å². The van der Waals surface area contributed by atoms with E-state index in [1.165, 1.54) is 18.7 Å². The number of hydrogen-bond acceptors (Lipinski definition) is 27. The molecule has 12 unspecified atom stereocenters. The van der Waals surface area contributed by atoms with E-state index >= 15 is 14.4 Å². The van der Waals surface area contributed by atoms with Gasteiger partial charge in [-0.2, -0.15) is 0 Å². The number of esters is 5. The van der Waals surface area contributed by atoms with Crippen LogP contribution in [0.15, 0.2) is 212 Å². The summed E-state index contributed by atoms with van der Waals surface area (Å²) in [5, 5.41) is -0.446. The molecule has 0 aromatic heterocycles. The molecule has 8 fully saturated rings. The highest BCUT2D eigenvalue weighted by atomic mass is 32.2. The molecule has 0 bridgehead atoms. The average Bonchev–Trinajstić information content (AvgIpc) is 0.742. The molecule has 0 aliphatic carbocycles. The van der Waals surface area contributed by atoms with Crippen molar-refractivity contribution in [3.63, 3.8) is 0 Å². The van der Waals surface area contributed by atoms with Gasteiger partial charge in [-0.1, -0.05) is 204 Å². The fraction of sp³-hybridized carbons (Fsp3) is 0.472. The van der Waals surface area contributed by atoms with Gasteiger partial charge in [0.1, 0.15) is 78.7 Å². The third kappa shape index (κ3) is 19.3. The van der Waals surface area contributed by atoms with Crippen molar-refractivity contribution < 1.29 is 123 Å². The lowest BCUT2D eigenvalue weighted by atomic mass is 9.89. The van der Waals surface area contributed by atoms with Crippen LogP contribution < -0.4 is 0 Å². The lowest BCUT2D eigenvalue weighted by Gasteiger charge is -2.55. The standard InChI is InChI=1S/C89H100O26SSi/c1-10-116-86-75(106-78(93)55-36-22-13-23-37-55)70(66-63(103-86)51-99-81(109-66)58-42-28-16-29-43-58)113-83-72(104-76(91)53-32-18-11-19-33-53)68(64-60(100-83)48-96-79(107-64)56-38-24-14-25-39-56)111-84-73(114-87(94)89(6,7)46-47-95-52(2)90)69(65-61(101-84)49-97-80(108-65)57-40-26-15-27-41-57)112-85-74(105-77(92)54-34-20-12-21-35-54)71(115-117(8,9)88(3,4)5)67-62(102-85)50-98-82(110-67)59-44-30-17-31-45-59/h11-45,60-75,79-86H,10,46-51H2,1-9H3/t60?,61?,62?,63?,64-,65-,66-,67-,68+,69+,70+,71+,72?,73?,74?,75?,79?,80?,81?,82?,83+,84+,85+,86+/m1/s1. The van der Waals surface area contributed by atoms with Crippen LogP contribution in [0, 0.1) is 5.41 Å². The second-order valence-corrected chi connectivity index (χ2v) is 38.2. The second kappa shape index (κ2) is 37.2. The van der Waals surface area contributed by atoms with Crippen molar-refractivity contribution in [2.75, 3.05) is 38.8 Å². The van der Waals surface area contributed by atoms with Crippen molar-refractivity contribution in [3.8, 4) is 0 Å². The highest BCUT2D eigenvalue weighted by Crippen LogP contribution is 2.49.